The Labute approximate surface area is 105 Å². The number of hydrogen-bond donors (Lipinski definition) is 2. The fourth-order valence-electron chi connectivity index (χ4n) is 0.983. The van der Waals surface area contributed by atoms with Gasteiger partial charge in [-0.15, -0.1) is 0 Å². The van der Waals surface area contributed by atoms with Crippen molar-refractivity contribution in [3.05, 3.63) is 35.9 Å². The van der Waals surface area contributed by atoms with Crippen LogP contribution < -0.4 is 23.5 Å². The third-order valence-electron chi connectivity index (χ3n) is 1.61. The Morgan fingerprint density at radius 2 is 1.87 bits per heavy atom. The van der Waals surface area contributed by atoms with Crippen molar-refractivity contribution in [1.82, 2.24) is 0 Å². The molecule has 1 aromatic carbocycles. The van der Waals surface area contributed by atoms with E-state index in [4.69, 9.17) is 11.1 Å². The number of benzene rings is 1. The molecule has 0 atom stereocenters. The van der Waals surface area contributed by atoms with Crippen LogP contribution in [0, 0.1) is 0 Å². The van der Waals surface area contributed by atoms with Crippen molar-refractivity contribution in [1.29, 1.82) is 0 Å². The molecule has 0 aliphatic heterocycles. The molecule has 0 fully saturated rings. The molecule has 0 aromatic heterocycles. The molecule has 0 aliphatic rings. The van der Waals surface area contributed by atoms with Gasteiger partial charge in [-0.2, -0.15) is 11.8 Å². The van der Waals surface area contributed by atoms with Gasteiger partial charge in [0.25, 0.3) is 5.17 Å². The molecule has 1 rings (SSSR count). The fraction of sp³-hybridized carbons (Fsp3) is 0.300. The van der Waals surface area contributed by atoms with E-state index in [1.165, 1.54) is 17.3 Å². The molecule has 0 heterocycles. The summed E-state index contributed by atoms with van der Waals surface area (Å²) in [5.41, 5.74) is 6.70. The van der Waals surface area contributed by atoms with Crippen molar-refractivity contribution in [2.75, 3.05) is 11.5 Å². The molecule has 0 radical (unpaired) electrons. The van der Waals surface area contributed by atoms with E-state index in [0.29, 0.717) is 5.17 Å². The standard InChI is InChI=1S/C10H14N2S2.ClH/c11-10(12)14-7-6-13-8-9-4-2-1-3-5-9;/h1-5H,6-8H2,(H3,11,12);1H. The molecule has 4 N–H and O–H groups in total. The second kappa shape index (κ2) is 8.95. The number of halogens is 1. The minimum absolute atomic E-state index is 0. The van der Waals surface area contributed by atoms with Crippen molar-refractivity contribution in [3.63, 3.8) is 0 Å². The summed E-state index contributed by atoms with van der Waals surface area (Å²) in [6.07, 6.45) is 0. The minimum Gasteiger partial charge on any atom is -1.00 e. The van der Waals surface area contributed by atoms with Crippen LogP contribution in [0.4, 0.5) is 0 Å². The molecule has 1 aromatic rings. The van der Waals surface area contributed by atoms with Crippen LogP contribution in [0.5, 0.6) is 0 Å². The Hall–Kier alpha value is -0.320. The van der Waals surface area contributed by atoms with Gasteiger partial charge < -0.3 is 12.4 Å². The molecule has 15 heavy (non-hydrogen) atoms. The molecule has 0 spiro atoms. The van der Waals surface area contributed by atoms with Crippen molar-refractivity contribution in [2.45, 2.75) is 5.75 Å². The fourth-order valence-corrected chi connectivity index (χ4v) is 2.60. The van der Waals surface area contributed by atoms with Crippen molar-refractivity contribution in [2.24, 2.45) is 5.73 Å². The number of hydrogen-bond acceptors (Lipinski definition) is 2. The van der Waals surface area contributed by atoms with E-state index in [2.05, 4.69) is 24.3 Å². The van der Waals surface area contributed by atoms with Gasteiger partial charge in [0.2, 0.25) is 0 Å². The van der Waals surface area contributed by atoms with Crippen molar-refractivity contribution >= 4 is 28.7 Å². The molecule has 0 saturated heterocycles. The number of thioether (sulfide) groups is 2. The van der Waals surface area contributed by atoms with E-state index >= 15 is 0 Å². The predicted octanol–water partition coefficient (Wildman–Crippen LogP) is -2.27. The van der Waals surface area contributed by atoms with Crippen LogP contribution in [0.3, 0.4) is 0 Å². The number of rotatable bonds is 5. The lowest BCUT2D eigenvalue weighted by Gasteiger charge is -1.99. The van der Waals surface area contributed by atoms with Crippen LogP contribution in [0.1, 0.15) is 5.56 Å². The normalized spacial score (nSPS) is 9.33. The lowest BCUT2D eigenvalue weighted by molar-refractivity contribution is -0.110. The minimum atomic E-state index is 0. The van der Waals surface area contributed by atoms with Crippen LogP contribution in [-0.4, -0.2) is 16.7 Å². The van der Waals surface area contributed by atoms with E-state index in [0.717, 1.165) is 17.3 Å². The summed E-state index contributed by atoms with van der Waals surface area (Å²) >= 11 is 3.42. The summed E-state index contributed by atoms with van der Waals surface area (Å²) in [6.45, 7) is 0. The highest BCUT2D eigenvalue weighted by atomic mass is 35.5. The first-order valence-electron chi connectivity index (χ1n) is 4.41. The highest BCUT2D eigenvalue weighted by Gasteiger charge is 1.96. The molecule has 0 bridgehead atoms. The van der Waals surface area contributed by atoms with Crippen LogP contribution in [0.25, 0.3) is 0 Å². The largest absolute Gasteiger partial charge is 1.00 e. The first-order chi connectivity index (χ1) is 6.79. The maximum atomic E-state index is 5.33. The Kier molecular flexibility index (Phi) is 8.76. The van der Waals surface area contributed by atoms with Gasteiger partial charge in [0, 0.05) is 17.3 Å². The number of amidine groups is 1. The summed E-state index contributed by atoms with van der Waals surface area (Å²) < 4.78 is 0. The average Bonchev–Trinajstić information content (AvgIpc) is 2.18. The first kappa shape index (κ1) is 14.7. The van der Waals surface area contributed by atoms with Crippen LogP contribution >= 0.6 is 23.5 Å². The van der Waals surface area contributed by atoms with E-state index in [1.54, 1.807) is 0 Å². The average molecular weight is 263 g/mol. The lowest BCUT2D eigenvalue weighted by atomic mass is 10.2. The van der Waals surface area contributed by atoms with Crippen LogP contribution in [-0.2, 0) is 5.75 Å². The quantitative estimate of drug-likeness (QED) is 0.358. The predicted molar refractivity (Wildman–Crippen MR) is 66.2 cm³/mol. The zero-order valence-corrected chi connectivity index (χ0v) is 10.7. The second-order valence-electron chi connectivity index (χ2n) is 2.79. The maximum absolute atomic E-state index is 5.33. The zero-order valence-electron chi connectivity index (χ0n) is 8.36. The van der Waals surface area contributed by atoms with Gasteiger partial charge in [-0.3, -0.25) is 11.1 Å². The smallest absolute Gasteiger partial charge is 0.299 e. The van der Waals surface area contributed by atoms with Crippen molar-refractivity contribution in [3.8, 4) is 0 Å². The zero-order chi connectivity index (χ0) is 10.2. The van der Waals surface area contributed by atoms with Gasteiger partial charge in [-0.1, -0.05) is 30.3 Å². The van der Waals surface area contributed by atoms with Crippen LogP contribution in [0.2, 0.25) is 0 Å². The summed E-state index contributed by atoms with van der Waals surface area (Å²) in [6, 6.07) is 10.5. The van der Waals surface area contributed by atoms with Crippen molar-refractivity contribution < 1.29 is 17.8 Å². The highest BCUT2D eigenvalue weighted by molar-refractivity contribution is 8.14. The monoisotopic (exact) mass is 262 g/mol. The molecule has 0 aliphatic carbocycles. The molecule has 0 saturated carbocycles. The third-order valence-corrected chi connectivity index (χ3v) is 3.64. The molecule has 2 nitrogen and oxygen atoms in total. The van der Waals surface area contributed by atoms with E-state index in [-0.39, 0.29) is 12.4 Å². The Morgan fingerprint density at radius 3 is 2.47 bits per heavy atom. The van der Waals surface area contributed by atoms with Gasteiger partial charge in [0.05, 0.1) is 0 Å². The summed E-state index contributed by atoms with van der Waals surface area (Å²) in [5, 5.41) is 5.80. The summed E-state index contributed by atoms with van der Waals surface area (Å²) in [7, 11) is 0. The van der Waals surface area contributed by atoms with Gasteiger partial charge >= 0.3 is 0 Å². The first-order valence-corrected chi connectivity index (χ1v) is 6.55. The van der Waals surface area contributed by atoms with E-state index < -0.39 is 0 Å². The summed E-state index contributed by atoms with van der Waals surface area (Å²) in [4.78, 5) is 0. The highest BCUT2D eigenvalue weighted by Crippen LogP contribution is 2.12. The van der Waals surface area contributed by atoms with Gasteiger partial charge in [-0.25, -0.2) is 0 Å². The molecule has 5 heteroatoms. The van der Waals surface area contributed by atoms with Crippen LogP contribution in [0.15, 0.2) is 30.3 Å². The summed E-state index contributed by atoms with van der Waals surface area (Å²) in [5.74, 6) is 3.13. The molecular weight excluding hydrogens is 248 g/mol. The topological polar surface area (TPSA) is 51.6 Å². The maximum Gasteiger partial charge on any atom is 0.299 e. The third kappa shape index (κ3) is 7.59. The molecule has 84 valence electrons. The van der Waals surface area contributed by atoms with Gasteiger partial charge in [0.1, 0.15) is 0 Å². The molecule has 0 unspecified atom stereocenters. The van der Waals surface area contributed by atoms with Gasteiger partial charge in [0.15, 0.2) is 0 Å². The Morgan fingerprint density at radius 1 is 1.20 bits per heavy atom. The Bertz CT molecular complexity index is 280. The van der Waals surface area contributed by atoms with E-state index in [9.17, 15) is 0 Å². The van der Waals surface area contributed by atoms with E-state index in [1.807, 2.05) is 17.8 Å². The Balaban J connectivity index is 0.00000196. The SMILES string of the molecule is NC(=[NH2+])SCCSCc1ccccc1.[Cl-]. The second-order valence-corrected chi connectivity index (χ2v) is 5.06. The lowest BCUT2D eigenvalue weighted by Crippen LogP contribution is -3.00. The molecule has 0 amide bonds. The van der Waals surface area contributed by atoms with Gasteiger partial charge in [-0.05, 0) is 17.3 Å². The molecular formula is C10H15ClN2S2. The number of nitrogens with two attached hydrogens (primary N) is 2.